The minimum atomic E-state index is -1.26. The van der Waals surface area contributed by atoms with Gasteiger partial charge in [-0.15, -0.1) is 0 Å². The van der Waals surface area contributed by atoms with Crippen molar-refractivity contribution in [3.8, 4) is 0 Å². The summed E-state index contributed by atoms with van der Waals surface area (Å²) in [6, 6.07) is 3.73. The predicted molar refractivity (Wildman–Crippen MR) is 100.0 cm³/mol. The second-order valence-corrected chi connectivity index (χ2v) is 7.11. The molecule has 0 saturated carbocycles. The van der Waals surface area contributed by atoms with Crippen LogP contribution < -0.4 is 16.4 Å². The van der Waals surface area contributed by atoms with Gasteiger partial charge in [0.1, 0.15) is 22.9 Å². The summed E-state index contributed by atoms with van der Waals surface area (Å²) in [7, 11) is 0. The molecule has 2 rings (SSSR count). The van der Waals surface area contributed by atoms with Crippen molar-refractivity contribution >= 4 is 40.7 Å². The molecule has 0 unspecified atom stereocenters. The van der Waals surface area contributed by atoms with Crippen molar-refractivity contribution in [2.75, 3.05) is 16.4 Å². The fourth-order valence-electron chi connectivity index (χ4n) is 2.13. The third-order valence-electron chi connectivity index (χ3n) is 3.26. The molecule has 0 radical (unpaired) electrons. The minimum absolute atomic E-state index is 0.103. The van der Waals surface area contributed by atoms with Crippen molar-refractivity contribution < 1.29 is 27.5 Å². The van der Waals surface area contributed by atoms with Crippen LogP contribution in [0.5, 0.6) is 0 Å². The van der Waals surface area contributed by atoms with Gasteiger partial charge in [0.2, 0.25) is 0 Å². The van der Waals surface area contributed by atoms with E-state index in [0.29, 0.717) is 0 Å². The van der Waals surface area contributed by atoms with Crippen LogP contribution in [0.1, 0.15) is 31.1 Å². The molecule has 0 aliphatic rings. The molecule has 0 saturated heterocycles. The molecule has 0 aliphatic carbocycles. The molecule has 0 atom stereocenters. The number of hydrogen-bond donors (Lipinski definition) is 3. The van der Waals surface area contributed by atoms with E-state index in [1.165, 1.54) is 0 Å². The Balaban J connectivity index is 2.32. The number of nitrogens with one attached hydrogen (secondary N) is 2. The average Bonchev–Trinajstić information content (AvgIpc) is 2.55. The zero-order chi connectivity index (χ0) is 21.2. The van der Waals surface area contributed by atoms with E-state index in [4.69, 9.17) is 22.1 Å². The molecule has 0 spiro atoms. The van der Waals surface area contributed by atoms with Crippen molar-refractivity contribution in [2.45, 2.75) is 26.4 Å². The highest BCUT2D eigenvalue weighted by molar-refractivity contribution is 6.34. The summed E-state index contributed by atoms with van der Waals surface area (Å²) in [5.41, 5.74) is 2.80. The Morgan fingerprint density at radius 3 is 2.32 bits per heavy atom. The number of carbonyl (C=O) groups is 2. The van der Waals surface area contributed by atoms with Crippen LogP contribution in [0.2, 0.25) is 5.02 Å². The monoisotopic (exact) mass is 415 g/mol. The van der Waals surface area contributed by atoms with Crippen LogP contribution in [-0.2, 0) is 4.74 Å². The first-order valence-corrected chi connectivity index (χ1v) is 8.30. The van der Waals surface area contributed by atoms with E-state index in [1.807, 2.05) is 5.32 Å². The average molecular weight is 416 g/mol. The van der Waals surface area contributed by atoms with Gasteiger partial charge in [-0.25, -0.2) is 18.0 Å². The summed E-state index contributed by atoms with van der Waals surface area (Å²) in [5, 5.41) is 3.52. The third kappa shape index (κ3) is 5.07. The second-order valence-electron chi connectivity index (χ2n) is 6.73. The van der Waals surface area contributed by atoms with Crippen LogP contribution in [0.25, 0.3) is 0 Å². The highest BCUT2D eigenvalue weighted by Gasteiger charge is 2.22. The smallest absolute Gasteiger partial charge is 0.412 e. The molecule has 0 aromatic heterocycles. The molecule has 4 N–H and O–H groups in total. The standard InChI is InChI=1S/C18H17ClF3N3O3/c1-18(2,3)28-17(27)24-12-5-4-10(20)15(14(12)22)25-16(26)9-6-8(23)7-11(21)13(9)19/h4-7H,23H2,1-3H3,(H,24,27)(H,25,26). The molecule has 10 heteroatoms. The van der Waals surface area contributed by atoms with E-state index in [1.54, 1.807) is 20.8 Å². The largest absolute Gasteiger partial charge is 0.444 e. The van der Waals surface area contributed by atoms with Crippen molar-refractivity contribution in [2.24, 2.45) is 0 Å². The first-order chi connectivity index (χ1) is 12.9. The number of nitrogen functional groups attached to an aromatic ring is 1. The summed E-state index contributed by atoms with van der Waals surface area (Å²) < 4.78 is 47.3. The number of nitrogens with two attached hydrogens (primary N) is 1. The molecule has 6 nitrogen and oxygen atoms in total. The maximum Gasteiger partial charge on any atom is 0.412 e. The number of amides is 2. The van der Waals surface area contributed by atoms with E-state index in [-0.39, 0.29) is 5.69 Å². The van der Waals surface area contributed by atoms with Crippen LogP contribution >= 0.6 is 11.6 Å². The number of halogens is 4. The Kier molecular flexibility index (Phi) is 6.08. The Hall–Kier alpha value is -2.94. The molecule has 0 bridgehead atoms. The third-order valence-corrected chi connectivity index (χ3v) is 3.64. The lowest BCUT2D eigenvalue weighted by atomic mass is 10.1. The fraction of sp³-hybridized carbons (Fsp3) is 0.222. The number of carbonyl (C=O) groups excluding carboxylic acids is 2. The van der Waals surface area contributed by atoms with Gasteiger partial charge in [-0.05, 0) is 45.0 Å². The highest BCUT2D eigenvalue weighted by Crippen LogP contribution is 2.29. The molecule has 0 aliphatic heterocycles. The summed E-state index contributed by atoms with van der Waals surface area (Å²) in [6.45, 7) is 4.81. The molecule has 150 valence electrons. The fourth-order valence-corrected chi connectivity index (χ4v) is 2.33. The van der Waals surface area contributed by atoms with E-state index in [9.17, 15) is 22.8 Å². The van der Waals surface area contributed by atoms with E-state index in [2.05, 4.69) is 5.32 Å². The SMILES string of the molecule is CC(C)(C)OC(=O)Nc1ccc(F)c(NC(=O)c2cc(N)cc(F)c2Cl)c1F. The van der Waals surface area contributed by atoms with Crippen LogP contribution in [0.3, 0.4) is 0 Å². The highest BCUT2D eigenvalue weighted by atomic mass is 35.5. The summed E-state index contributed by atoms with van der Waals surface area (Å²) in [5.74, 6) is -4.45. The lowest BCUT2D eigenvalue weighted by molar-refractivity contribution is 0.0635. The van der Waals surface area contributed by atoms with E-state index < -0.39 is 57.0 Å². The molecule has 0 fully saturated rings. The zero-order valence-electron chi connectivity index (χ0n) is 15.1. The second kappa shape index (κ2) is 7.97. The molecule has 0 heterocycles. The first kappa shape index (κ1) is 21.4. The van der Waals surface area contributed by atoms with Gasteiger partial charge in [0.25, 0.3) is 5.91 Å². The van der Waals surface area contributed by atoms with Gasteiger partial charge >= 0.3 is 6.09 Å². The van der Waals surface area contributed by atoms with Gasteiger partial charge in [-0.2, -0.15) is 0 Å². The van der Waals surface area contributed by atoms with Crippen molar-refractivity contribution in [3.05, 3.63) is 52.3 Å². The Morgan fingerprint density at radius 2 is 1.71 bits per heavy atom. The van der Waals surface area contributed by atoms with Crippen LogP contribution in [0.15, 0.2) is 24.3 Å². The maximum absolute atomic E-state index is 14.6. The molecule has 2 aromatic rings. The lowest BCUT2D eigenvalue weighted by Gasteiger charge is -2.20. The molecule has 2 aromatic carbocycles. The number of rotatable bonds is 3. The lowest BCUT2D eigenvalue weighted by Crippen LogP contribution is -2.27. The zero-order valence-corrected chi connectivity index (χ0v) is 15.9. The molecular formula is C18H17ClF3N3O3. The number of hydrogen-bond acceptors (Lipinski definition) is 4. The Morgan fingerprint density at radius 1 is 1.07 bits per heavy atom. The van der Waals surface area contributed by atoms with Crippen molar-refractivity contribution in [3.63, 3.8) is 0 Å². The van der Waals surface area contributed by atoms with Gasteiger partial charge < -0.3 is 15.8 Å². The Bertz CT molecular complexity index is 946. The van der Waals surface area contributed by atoms with Gasteiger partial charge in [-0.3, -0.25) is 10.1 Å². The normalized spacial score (nSPS) is 11.1. The molecule has 28 heavy (non-hydrogen) atoms. The van der Waals surface area contributed by atoms with Gasteiger partial charge in [0.05, 0.1) is 16.3 Å². The number of anilines is 3. The van der Waals surface area contributed by atoms with Crippen LogP contribution in [0, 0.1) is 17.5 Å². The molecule has 2 amide bonds. The van der Waals surface area contributed by atoms with Gasteiger partial charge in [-0.1, -0.05) is 11.6 Å². The minimum Gasteiger partial charge on any atom is -0.444 e. The summed E-state index contributed by atoms with van der Waals surface area (Å²) in [4.78, 5) is 24.1. The van der Waals surface area contributed by atoms with Crippen LogP contribution in [-0.4, -0.2) is 17.6 Å². The van der Waals surface area contributed by atoms with E-state index >= 15 is 0 Å². The number of benzene rings is 2. The quantitative estimate of drug-likeness (QED) is 0.619. The van der Waals surface area contributed by atoms with E-state index in [0.717, 1.165) is 24.3 Å². The van der Waals surface area contributed by atoms with Gasteiger partial charge in [0, 0.05) is 5.69 Å². The predicted octanol–water partition coefficient (Wildman–Crippen LogP) is 4.94. The van der Waals surface area contributed by atoms with Gasteiger partial charge in [0.15, 0.2) is 5.82 Å². The first-order valence-electron chi connectivity index (χ1n) is 7.93. The van der Waals surface area contributed by atoms with Crippen LogP contribution in [0.4, 0.5) is 35.0 Å². The summed E-state index contributed by atoms with van der Waals surface area (Å²) in [6.07, 6.45) is -0.976. The Labute approximate surface area is 163 Å². The summed E-state index contributed by atoms with van der Waals surface area (Å²) >= 11 is 5.72. The van der Waals surface area contributed by atoms with Crippen molar-refractivity contribution in [1.82, 2.24) is 0 Å². The number of ether oxygens (including phenoxy) is 1. The topological polar surface area (TPSA) is 93.5 Å². The maximum atomic E-state index is 14.6. The van der Waals surface area contributed by atoms with Crippen molar-refractivity contribution in [1.29, 1.82) is 0 Å². The molecular weight excluding hydrogens is 399 g/mol.